The first kappa shape index (κ1) is 17.2. The molecular formula is C16H24N2O3. The lowest BCUT2D eigenvalue weighted by Crippen LogP contribution is -2.41. The quantitative estimate of drug-likeness (QED) is 0.584. The molecule has 0 bridgehead atoms. The molecule has 1 amide bonds. The maximum atomic E-state index is 11.9. The van der Waals surface area contributed by atoms with Gasteiger partial charge < -0.3 is 20.8 Å². The Morgan fingerprint density at radius 2 is 1.81 bits per heavy atom. The fourth-order valence-electron chi connectivity index (χ4n) is 1.93. The number of hydrogen-bond acceptors (Lipinski definition) is 4. The Labute approximate surface area is 125 Å². The second-order valence-corrected chi connectivity index (χ2v) is 4.88. The fourth-order valence-corrected chi connectivity index (χ4v) is 1.93. The van der Waals surface area contributed by atoms with Crippen LogP contribution in [-0.4, -0.2) is 34.9 Å². The van der Waals surface area contributed by atoms with Crippen molar-refractivity contribution in [1.82, 2.24) is 5.32 Å². The number of aliphatic hydroxyl groups excluding tert-OH is 2. The Kier molecular flexibility index (Phi) is 6.91. The van der Waals surface area contributed by atoms with Gasteiger partial charge in [0.25, 0.3) is 5.91 Å². The van der Waals surface area contributed by atoms with E-state index in [9.17, 15) is 15.0 Å². The van der Waals surface area contributed by atoms with Crippen molar-refractivity contribution in [2.45, 2.75) is 38.9 Å². The Morgan fingerprint density at radius 1 is 1.19 bits per heavy atom. The minimum atomic E-state index is -1.56. The third-order valence-corrected chi connectivity index (χ3v) is 3.09. The van der Waals surface area contributed by atoms with Crippen molar-refractivity contribution in [3.05, 3.63) is 42.1 Å². The fraction of sp³-hybridized carbons (Fsp3) is 0.438. The maximum absolute atomic E-state index is 11.9. The highest BCUT2D eigenvalue weighted by molar-refractivity contribution is 5.94. The molecule has 5 heteroatoms. The SMILES string of the molecule is C=C(NCC)C(O)C(O)C(=O)Nc1ccc(CCC)cc1. The van der Waals surface area contributed by atoms with Crippen LogP contribution in [0, 0.1) is 0 Å². The number of hydrogen-bond donors (Lipinski definition) is 4. The summed E-state index contributed by atoms with van der Waals surface area (Å²) in [6.07, 6.45) is -0.863. The Morgan fingerprint density at radius 3 is 2.33 bits per heavy atom. The van der Waals surface area contributed by atoms with E-state index in [2.05, 4.69) is 24.1 Å². The predicted molar refractivity (Wildman–Crippen MR) is 83.9 cm³/mol. The zero-order valence-corrected chi connectivity index (χ0v) is 12.6. The van der Waals surface area contributed by atoms with E-state index in [1.165, 1.54) is 5.56 Å². The van der Waals surface area contributed by atoms with E-state index in [0.717, 1.165) is 12.8 Å². The lowest BCUT2D eigenvalue weighted by molar-refractivity contribution is -0.128. The van der Waals surface area contributed by atoms with Gasteiger partial charge in [0, 0.05) is 17.9 Å². The predicted octanol–water partition coefficient (Wildman–Crippen LogP) is 1.42. The molecule has 0 radical (unpaired) electrons. The van der Waals surface area contributed by atoms with Gasteiger partial charge in [-0.1, -0.05) is 32.1 Å². The van der Waals surface area contributed by atoms with Crippen molar-refractivity contribution < 1.29 is 15.0 Å². The molecule has 0 aliphatic carbocycles. The average molecular weight is 292 g/mol. The van der Waals surface area contributed by atoms with Crippen LogP contribution < -0.4 is 10.6 Å². The molecule has 2 atom stereocenters. The van der Waals surface area contributed by atoms with Crippen LogP contribution in [0.2, 0.25) is 0 Å². The molecule has 0 saturated heterocycles. The lowest BCUT2D eigenvalue weighted by Gasteiger charge is -2.20. The van der Waals surface area contributed by atoms with Crippen molar-refractivity contribution in [2.24, 2.45) is 0 Å². The number of nitrogens with one attached hydrogen (secondary N) is 2. The number of amides is 1. The van der Waals surface area contributed by atoms with E-state index < -0.39 is 18.1 Å². The third-order valence-electron chi connectivity index (χ3n) is 3.09. The van der Waals surface area contributed by atoms with Crippen molar-refractivity contribution >= 4 is 11.6 Å². The van der Waals surface area contributed by atoms with Crippen molar-refractivity contribution in [2.75, 3.05) is 11.9 Å². The van der Waals surface area contributed by atoms with Gasteiger partial charge in [-0.3, -0.25) is 4.79 Å². The molecule has 0 spiro atoms. The van der Waals surface area contributed by atoms with E-state index in [1.807, 2.05) is 19.1 Å². The molecule has 116 valence electrons. The monoisotopic (exact) mass is 292 g/mol. The molecule has 0 fully saturated rings. The summed E-state index contributed by atoms with van der Waals surface area (Å²) in [5.41, 5.74) is 2.00. The second-order valence-electron chi connectivity index (χ2n) is 4.88. The normalized spacial score (nSPS) is 13.3. The standard InChI is InChI=1S/C16H24N2O3/c1-4-6-12-7-9-13(10-8-12)18-16(21)15(20)14(19)11(3)17-5-2/h7-10,14-15,17,19-20H,3-6H2,1-2H3,(H,18,21). The Hall–Kier alpha value is -1.85. The lowest BCUT2D eigenvalue weighted by atomic mass is 10.1. The summed E-state index contributed by atoms with van der Waals surface area (Å²) in [7, 11) is 0. The van der Waals surface area contributed by atoms with Crippen LogP contribution in [0.3, 0.4) is 0 Å². The molecule has 0 aliphatic heterocycles. The van der Waals surface area contributed by atoms with E-state index in [0.29, 0.717) is 12.2 Å². The minimum Gasteiger partial charge on any atom is -0.387 e. The summed E-state index contributed by atoms with van der Waals surface area (Å²) >= 11 is 0. The van der Waals surface area contributed by atoms with Gasteiger partial charge in [-0.2, -0.15) is 0 Å². The average Bonchev–Trinajstić information content (AvgIpc) is 2.48. The van der Waals surface area contributed by atoms with Gasteiger partial charge in [-0.05, 0) is 31.0 Å². The number of likely N-dealkylation sites (N-methyl/N-ethyl adjacent to an activating group) is 1. The molecule has 1 aromatic rings. The van der Waals surface area contributed by atoms with E-state index in [-0.39, 0.29) is 5.70 Å². The van der Waals surface area contributed by atoms with Crippen LogP contribution in [0.1, 0.15) is 25.8 Å². The van der Waals surface area contributed by atoms with Crippen LogP contribution in [0.15, 0.2) is 36.5 Å². The smallest absolute Gasteiger partial charge is 0.256 e. The van der Waals surface area contributed by atoms with Gasteiger partial charge in [-0.15, -0.1) is 0 Å². The van der Waals surface area contributed by atoms with Crippen molar-refractivity contribution in [1.29, 1.82) is 0 Å². The van der Waals surface area contributed by atoms with Gasteiger partial charge in [0.15, 0.2) is 6.10 Å². The molecule has 0 aliphatic rings. The first-order valence-corrected chi connectivity index (χ1v) is 7.18. The molecule has 0 saturated carbocycles. The largest absolute Gasteiger partial charge is 0.387 e. The number of aliphatic hydroxyl groups is 2. The summed E-state index contributed by atoms with van der Waals surface area (Å²) in [6.45, 7) is 8.08. The molecule has 1 aromatic carbocycles. The van der Waals surface area contributed by atoms with Crippen molar-refractivity contribution in [3.8, 4) is 0 Å². The molecule has 21 heavy (non-hydrogen) atoms. The van der Waals surface area contributed by atoms with E-state index >= 15 is 0 Å². The molecule has 0 aromatic heterocycles. The number of aryl methyl sites for hydroxylation is 1. The van der Waals surface area contributed by atoms with Gasteiger partial charge >= 0.3 is 0 Å². The molecule has 0 heterocycles. The molecular weight excluding hydrogens is 268 g/mol. The van der Waals surface area contributed by atoms with E-state index in [4.69, 9.17) is 0 Å². The van der Waals surface area contributed by atoms with Crippen LogP contribution in [-0.2, 0) is 11.2 Å². The highest BCUT2D eigenvalue weighted by Gasteiger charge is 2.26. The number of carbonyl (C=O) groups is 1. The van der Waals surface area contributed by atoms with E-state index in [1.54, 1.807) is 12.1 Å². The summed E-state index contributed by atoms with van der Waals surface area (Å²) in [6, 6.07) is 7.42. The zero-order valence-electron chi connectivity index (χ0n) is 12.6. The van der Waals surface area contributed by atoms with Gasteiger partial charge in [0.2, 0.25) is 0 Å². The maximum Gasteiger partial charge on any atom is 0.256 e. The van der Waals surface area contributed by atoms with Crippen LogP contribution in [0.25, 0.3) is 0 Å². The molecule has 4 N–H and O–H groups in total. The Balaban J connectivity index is 2.61. The summed E-state index contributed by atoms with van der Waals surface area (Å²) in [4.78, 5) is 11.9. The Bertz CT molecular complexity index is 471. The first-order chi connectivity index (χ1) is 9.99. The molecule has 1 rings (SSSR count). The number of benzene rings is 1. The number of carbonyl (C=O) groups excluding carboxylic acids is 1. The number of anilines is 1. The van der Waals surface area contributed by atoms with Gasteiger partial charge in [-0.25, -0.2) is 0 Å². The highest BCUT2D eigenvalue weighted by Crippen LogP contribution is 2.12. The molecule has 5 nitrogen and oxygen atoms in total. The van der Waals surface area contributed by atoms with Crippen LogP contribution in [0.5, 0.6) is 0 Å². The summed E-state index contributed by atoms with van der Waals surface area (Å²) < 4.78 is 0. The van der Waals surface area contributed by atoms with Gasteiger partial charge in [0.1, 0.15) is 6.10 Å². The zero-order chi connectivity index (χ0) is 15.8. The van der Waals surface area contributed by atoms with Gasteiger partial charge in [0.05, 0.1) is 0 Å². The van der Waals surface area contributed by atoms with Crippen LogP contribution in [0.4, 0.5) is 5.69 Å². The number of rotatable bonds is 8. The summed E-state index contributed by atoms with van der Waals surface area (Å²) in [5.74, 6) is -0.662. The summed E-state index contributed by atoms with van der Waals surface area (Å²) in [5, 5.41) is 25.0. The highest BCUT2D eigenvalue weighted by atomic mass is 16.3. The first-order valence-electron chi connectivity index (χ1n) is 7.18. The van der Waals surface area contributed by atoms with Crippen molar-refractivity contribution in [3.63, 3.8) is 0 Å². The third kappa shape index (κ3) is 5.21. The topological polar surface area (TPSA) is 81.6 Å². The van der Waals surface area contributed by atoms with Crippen LogP contribution >= 0.6 is 0 Å². The molecule has 2 unspecified atom stereocenters. The minimum absolute atomic E-state index is 0.221. The second kappa shape index (κ2) is 8.44.